The molecule has 0 aromatic heterocycles. The Morgan fingerprint density at radius 1 is 1.10 bits per heavy atom. The van der Waals surface area contributed by atoms with Crippen LogP contribution in [-0.4, -0.2) is 6.61 Å². The lowest BCUT2D eigenvalue weighted by Gasteiger charge is -2.11. The van der Waals surface area contributed by atoms with Crippen LogP contribution >= 0.6 is 0 Å². The van der Waals surface area contributed by atoms with Crippen molar-refractivity contribution in [1.29, 1.82) is 0 Å². The zero-order valence-corrected chi connectivity index (χ0v) is 12.1. The first-order valence-corrected chi connectivity index (χ1v) is 6.83. The maximum Gasteiger partial charge on any atom is 0.119 e. The molecule has 2 aromatic carbocycles. The van der Waals surface area contributed by atoms with Crippen molar-refractivity contribution >= 4 is 5.69 Å². The topological polar surface area (TPSA) is 21.3 Å². The van der Waals surface area contributed by atoms with E-state index in [9.17, 15) is 0 Å². The number of aryl methyl sites for hydroxylation is 2. The van der Waals surface area contributed by atoms with Crippen LogP contribution in [0.4, 0.5) is 5.69 Å². The summed E-state index contributed by atoms with van der Waals surface area (Å²) in [6.45, 7) is 9.23. The fourth-order valence-corrected chi connectivity index (χ4v) is 2.07. The van der Waals surface area contributed by atoms with Gasteiger partial charge in [0.1, 0.15) is 12.4 Å². The molecule has 0 heterocycles. The van der Waals surface area contributed by atoms with E-state index in [1.807, 2.05) is 12.1 Å². The van der Waals surface area contributed by atoms with Crippen LogP contribution in [0.5, 0.6) is 5.75 Å². The van der Waals surface area contributed by atoms with E-state index in [1.54, 1.807) is 6.08 Å². The first-order chi connectivity index (χ1) is 9.69. The molecule has 104 valence electrons. The second-order valence-electron chi connectivity index (χ2n) is 4.92. The third-order valence-electron chi connectivity index (χ3n) is 3.16. The van der Waals surface area contributed by atoms with E-state index in [2.05, 4.69) is 56.1 Å². The average molecular weight is 267 g/mol. The molecule has 20 heavy (non-hydrogen) atoms. The first-order valence-electron chi connectivity index (χ1n) is 6.83. The van der Waals surface area contributed by atoms with Crippen LogP contribution in [0.15, 0.2) is 55.1 Å². The van der Waals surface area contributed by atoms with Gasteiger partial charge in [-0.1, -0.05) is 42.5 Å². The maximum atomic E-state index is 5.47. The van der Waals surface area contributed by atoms with E-state index >= 15 is 0 Å². The van der Waals surface area contributed by atoms with Gasteiger partial charge in [-0.15, -0.1) is 0 Å². The Hall–Kier alpha value is -2.22. The highest BCUT2D eigenvalue weighted by Crippen LogP contribution is 2.18. The van der Waals surface area contributed by atoms with Crippen molar-refractivity contribution in [1.82, 2.24) is 0 Å². The molecule has 0 saturated carbocycles. The molecule has 0 saturated heterocycles. The minimum absolute atomic E-state index is 0.542. The zero-order valence-electron chi connectivity index (χ0n) is 12.1. The lowest BCUT2D eigenvalue weighted by Crippen LogP contribution is -2.01. The predicted octanol–water partition coefficient (Wildman–Crippen LogP) is 4.48. The van der Waals surface area contributed by atoms with Gasteiger partial charge in [0.25, 0.3) is 0 Å². The molecule has 0 atom stereocenters. The summed E-state index contributed by atoms with van der Waals surface area (Å²) in [4.78, 5) is 0. The standard InChI is InChI=1S/C18H21NO/c1-4-11-20-17-8-6-16(7-9-17)13-19-18-10-5-14(2)12-15(18)3/h4-10,12,19H,1,11,13H2,2-3H3. The number of ether oxygens (including phenoxy) is 1. The van der Waals surface area contributed by atoms with E-state index in [0.29, 0.717) is 6.61 Å². The van der Waals surface area contributed by atoms with Crippen molar-refractivity contribution in [3.05, 3.63) is 71.8 Å². The summed E-state index contributed by atoms with van der Waals surface area (Å²) in [7, 11) is 0. The van der Waals surface area contributed by atoms with E-state index in [4.69, 9.17) is 4.74 Å². The molecule has 0 fully saturated rings. The molecular weight excluding hydrogens is 246 g/mol. The van der Waals surface area contributed by atoms with Gasteiger partial charge in [0.15, 0.2) is 0 Å². The van der Waals surface area contributed by atoms with Crippen molar-refractivity contribution in [2.24, 2.45) is 0 Å². The summed E-state index contributed by atoms with van der Waals surface area (Å²) in [6.07, 6.45) is 1.75. The Bertz CT molecular complexity index is 572. The summed E-state index contributed by atoms with van der Waals surface area (Å²) < 4.78 is 5.47. The van der Waals surface area contributed by atoms with Crippen molar-refractivity contribution in [3.63, 3.8) is 0 Å². The highest BCUT2D eigenvalue weighted by atomic mass is 16.5. The molecule has 0 bridgehead atoms. The van der Waals surface area contributed by atoms with Crippen molar-refractivity contribution in [3.8, 4) is 5.75 Å². The van der Waals surface area contributed by atoms with Gasteiger partial charge in [-0.3, -0.25) is 0 Å². The minimum Gasteiger partial charge on any atom is -0.490 e. The van der Waals surface area contributed by atoms with Crippen molar-refractivity contribution in [2.45, 2.75) is 20.4 Å². The summed E-state index contributed by atoms with van der Waals surface area (Å²) in [6, 6.07) is 14.6. The Labute approximate surface area is 121 Å². The average Bonchev–Trinajstić information content (AvgIpc) is 2.45. The van der Waals surface area contributed by atoms with Crippen molar-refractivity contribution in [2.75, 3.05) is 11.9 Å². The SMILES string of the molecule is C=CCOc1ccc(CNc2ccc(C)cc2C)cc1. The highest BCUT2D eigenvalue weighted by molar-refractivity contribution is 5.52. The molecule has 0 amide bonds. The monoisotopic (exact) mass is 267 g/mol. The number of hydrogen-bond acceptors (Lipinski definition) is 2. The minimum atomic E-state index is 0.542. The molecule has 0 radical (unpaired) electrons. The van der Waals surface area contributed by atoms with Gasteiger partial charge in [-0.25, -0.2) is 0 Å². The predicted molar refractivity (Wildman–Crippen MR) is 85.4 cm³/mol. The highest BCUT2D eigenvalue weighted by Gasteiger charge is 1.99. The van der Waals surface area contributed by atoms with E-state index in [0.717, 1.165) is 12.3 Å². The maximum absolute atomic E-state index is 5.47. The fraction of sp³-hybridized carbons (Fsp3) is 0.222. The van der Waals surface area contributed by atoms with Gasteiger partial charge in [0, 0.05) is 12.2 Å². The number of nitrogens with one attached hydrogen (secondary N) is 1. The number of benzene rings is 2. The van der Waals surface area contributed by atoms with E-state index in [-0.39, 0.29) is 0 Å². The molecule has 2 aromatic rings. The van der Waals surface area contributed by atoms with Crippen LogP contribution < -0.4 is 10.1 Å². The molecule has 0 aliphatic heterocycles. The third-order valence-corrected chi connectivity index (χ3v) is 3.16. The summed E-state index contributed by atoms with van der Waals surface area (Å²) >= 11 is 0. The molecule has 2 heteroatoms. The summed E-state index contributed by atoms with van der Waals surface area (Å²) in [5.74, 6) is 0.875. The van der Waals surface area contributed by atoms with Crippen LogP contribution in [-0.2, 0) is 6.54 Å². The largest absolute Gasteiger partial charge is 0.490 e. The smallest absolute Gasteiger partial charge is 0.119 e. The Balaban J connectivity index is 1.95. The molecule has 0 aliphatic carbocycles. The molecule has 2 nitrogen and oxygen atoms in total. The second-order valence-corrected chi connectivity index (χ2v) is 4.92. The first kappa shape index (κ1) is 14.2. The molecule has 2 rings (SSSR count). The zero-order chi connectivity index (χ0) is 14.4. The van der Waals surface area contributed by atoms with Gasteiger partial charge in [-0.2, -0.15) is 0 Å². The Morgan fingerprint density at radius 3 is 2.50 bits per heavy atom. The van der Waals surface area contributed by atoms with E-state index in [1.165, 1.54) is 22.4 Å². The fourth-order valence-electron chi connectivity index (χ4n) is 2.07. The van der Waals surface area contributed by atoms with E-state index < -0.39 is 0 Å². The number of anilines is 1. The van der Waals surface area contributed by atoms with Crippen molar-refractivity contribution < 1.29 is 4.74 Å². The molecular formula is C18H21NO. The van der Waals surface area contributed by atoms with Crippen LogP contribution in [0.1, 0.15) is 16.7 Å². The summed E-state index contributed by atoms with van der Waals surface area (Å²) in [5.41, 5.74) is 4.98. The Kier molecular flexibility index (Phi) is 4.83. The van der Waals surface area contributed by atoms with Gasteiger partial charge < -0.3 is 10.1 Å². The number of hydrogen-bond donors (Lipinski definition) is 1. The molecule has 1 N–H and O–H groups in total. The lowest BCUT2D eigenvalue weighted by atomic mass is 10.1. The molecule has 0 aliphatic rings. The van der Waals surface area contributed by atoms with Crippen LogP contribution in [0.3, 0.4) is 0 Å². The molecule has 0 spiro atoms. The van der Waals surface area contributed by atoms with Gasteiger partial charge in [0.2, 0.25) is 0 Å². The lowest BCUT2D eigenvalue weighted by molar-refractivity contribution is 0.363. The van der Waals surface area contributed by atoms with Gasteiger partial charge in [-0.05, 0) is 43.2 Å². The third kappa shape index (κ3) is 3.89. The quantitative estimate of drug-likeness (QED) is 0.779. The van der Waals surface area contributed by atoms with Crippen LogP contribution in [0.25, 0.3) is 0 Å². The van der Waals surface area contributed by atoms with Crippen LogP contribution in [0.2, 0.25) is 0 Å². The Morgan fingerprint density at radius 2 is 1.85 bits per heavy atom. The normalized spacial score (nSPS) is 10.1. The van der Waals surface area contributed by atoms with Gasteiger partial charge >= 0.3 is 0 Å². The summed E-state index contributed by atoms with van der Waals surface area (Å²) in [5, 5.41) is 3.46. The van der Waals surface area contributed by atoms with Gasteiger partial charge in [0.05, 0.1) is 0 Å². The van der Waals surface area contributed by atoms with Crippen LogP contribution in [0, 0.1) is 13.8 Å². The second kappa shape index (κ2) is 6.80. The molecule has 0 unspecified atom stereocenters. The number of rotatable bonds is 6.